The van der Waals surface area contributed by atoms with Crippen molar-refractivity contribution in [2.24, 2.45) is 0 Å². The first-order valence-electron chi connectivity index (χ1n) is 6.15. The van der Waals surface area contributed by atoms with E-state index < -0.39 is 22.4 Å². The number of alkyl halides is 3. The summed E-state index contributed by atoms with van der Waals surface area (Å²) in [7, 11) is -0.604. The van der Waals surface area contributed by atoms with Crippen LogP contribution in [0, 0.1) is 0 Å². The van der Waals surface area contributed by atoms with Crippen LogP contribution in [0.2, 0.25) is 0 Å². The Kier molecular flexibility index (Phi) is 4.65. The molecule has 0 spiro atoms. The largest absolute Gasteiger partial charge is 0.416 e. The van der Waals surface area contributed by atoms with Crippen molar-refractivity contribution in [3.63, 3.8) is 0 Å². The summed E-state index contributed by atoms with van der Waals surface area (Å²) < 4.78 is 41.3. The van der Waals surface area contributed by atoms with E-state index in [-0.39, 0.29) is 0 Å². The highest BCUT2D eigenvalue weighted by Crippen LogP contribution is 2.32. The van der Waals surface area contributed by atoms with Gasteiger partial charge in [0.05, 0.1) is 5.56 Å². The lowest BCUT2D eigenvalue weighted by molar-refractivity contribution is -0.137. The van der Waals surface area contributed by atoms with Crippen LogP contribution in [0.4, 0.5) is 13.2 Å². The summed E-state index contributed by atoms with van der Waals surface area (Å²) in [5, 5.41) is 3.25. The summed E-state index contributed by atoms with van der Waals surface area (Å²) in [6.45, 7) is 1.88. The van der Waals surface area contributed by atoms with Gasteiger partial charge in [-0.05, 0) is 44.1 Å². The molecule has 1 aliphatic heterocycles. The maximum Gasteiger partial charge on any atom is 0.416 e. The second kappa shape index (κ2) is 6.07. The zero-order valence-corrected chi connectivity index (χ0v) is 11.3. The van der Waals surface area contributed by atoms with E-state index in [9.17, 15) is 13.2 Å². The number of nitrogens with one attached hydrogen (secondary N) is 2. The number of piperidine rings is 1. The number of halogens is 3. The molecule has 1 atom stereocenters. The highest BCUT2D eigenvalue weighted by Gasteiger charge is 2.30. The van der Waals surface area contributed by atoms with Crippen LogP contribution in [0.15, 0.2) is 29.2 Å². The van der Waals surface area contributed by atoms with Crippen molar-refractivity contribution < 1.29 is 13.2 Å². The molecule has 2 rings (SSSR count). The van der Waals surface area contributed by atoms with Crippen LogP contribution in [0.3, 0.4) is 0 Å². The van der Waals surface area contributed by atoms with Gasteiger partial charge in [-0.15, -0.1) is 0 Å². The summed E-state index contributed by atoms with van der Waals surface area (Å²) in [5.41, 5.74) is -0.613. The standard InChI is InChI=1S/C13H17F3N2S/c1-19(18-11-5-7-17-8-6-11)12-4-2-3-10(9-12)13(14,15)16/h2-4,9,11,17-18H,1,5-8H2. The molecule has 1 heterocycles. The molecule has 0 aromatic heterocycles. The molecular weight excluding hydrogens is 273 g/mol. The molecule has 1 aromatic rings. The van der Waals surface area contributed by atoms with Crippen LogP contribution in [0.5, 0.6) is 0 Å². The molecular formula is C13H17F3N2S. The van der Waals surface area contributed by atoms with Gasteiger partial charge in [-0.1, -0.05) is 22.6 Å². The van der Waals surface area contributed by atoms with E-state index in [0.717, 1.165) is 32.0 Å². The molecule has 1 fully saturated rings. The average Bonchev–Trinajstić information content (AvgIpc) is 2.39. The average molecular weight is 290 g/mol. The fourth-order valence-electron chi connectivity index (χ4n) is 2.03. The van der Waals surface area contributed by atoms with Crippen LogP contribution in [0.1, 0.15) is 18.4 Å². The lowest BCUT2D eigenvalue weighted by Crippen LogP contribution is -2.37. The highest BCUT2D eigenvalue weighted by atomic mass is 32.2. The summed E-state index contributed by atoms with van der Waals surface area (Å²) in [5.74, 6) is 3.95. The lowest BCUT2D eigenvalue weighted by Gasteiger charge is -2.25. The van der Waals surface area contributed by atoms with Crippen molar-refractivity contribution in [2.75, 3.05) is 13.1 Å². The molecule has 0 aliphatic carbocycles. The topological polar surface area (TPSA) is 24.1 Å². The van der Waals surface area contributed by atoms with Crippen LogP contribution in [-0.2, 0) is 6.18 Å². The Balaban J connectivity index is 2.06. The Morgan fingerprint density at radius 2 is 1.95 bits per heavy atom. The zero-order valence-electron chi connectivity index (χ0n) is 10.5. The molecule has 0 bridgehead atoms. The predicted molar refractivity (Wildman–Crippen MR) is 73.4 cm³/mol. The molecule has 1 aromatic carbocycles. The molecule has 6 heteroatoms. The molecule has 106 valence electrons. The molecule has 19 heavy (non-hydrogen) atoms. The second-order valence-corrected chi connectivity index (χ2v) is 6.05. The van der Waals surface area contributed by atoms with Crippen LogP contribution >= 0.6 is 10.7 Å². The van der Waals surface area contributed by atoms with Crippen molar-refractivity contribution in [2.45, 2.75) is 30.0 Å². The SMILES string of the molecule is C=S(NC1CCNCC1)c1cccc(C(F)(F)F)c1. The normalized spacial score (nSPS) is 19.3. The Hall–Kier alpha value is -0.850. The van der Waals surface area contributed by atoms with Crippen molar-refractivity contribution in [3.05, 3.63) is 29.8 Å². The van der Waals surface area contributed by atoms with E-state index in [1.54, 1.807) is 6.07 Å². The van der Waals surface area contributed by atoms with Gasteiger partial charge >= 0.3 is 6.18 Å². The third-order valence-electron chi connectivity index (χ3n) is 3.09. The maximum atomic E-state index is 12.6. The summed E-state index contributed by atoms with van der Waals surface area (Å²) >= 11 is 0. The first-order valence-corrected chi connectivity index (χ1v) is 7.54. The molecule has 2 nitrogen and oxygen atoms in total. The van der Waals surface area contributed by atoms with Gasteiger partial charge in [0.1, 0.15) is 0 Å². The molecule has 1 saturated heterocycles. The minimum atomic E-state index is -4.30. The van der Waals surface area contributed by atoms with Gasteiger partial charge in [-0.3, -0.25) is 4.72 Å². The van der Waals surface area contributed by atoms with Gasteiger partial charge in [0.2, 0.25) is 0 Å². The Morgan fingerprint density at radius 3 is 2.58 bits per heavy atom. The van der Waals surface area contributed by atoms with E-state index in [1.807, 2.05) is 0 Å². The molecule has 0 saturated carbocycles. The third-order valence-corrected chi connectivity index (χ3v) is 4.53. The van der Waals surface area contributed by atoms with Crippen LogP contribution in [0.25, 0.3) is 0 Å². The van der Waals surface area contributed by atoms with Crippen LogP contribution < -0.4 is 10.0 Å². The van der Waals surface area contributed by atoms with E-state index in [0.29, 0.717) is 10.9 Å². The fourth-order valence-corrected chi connectivity index (χ4v) is 3.32. The lowest BCUT2D eigenvalue weighted by atomic mass is 10.1. The van der Waals surface area contributed by atoms with E-state index in [2.05, 4.69) is 15.9 Å². The van der Waals surface area contributed by atoms with E-state index >= 15 is 0 Å². The predicted octanol–water partition coefficient (Wildman–Crippen LogP) is 3.02. The first-order chi connectivity index (χ1) is 8.97. The van der Waals surface area contributed by atoms with Gasteiger partial charge in [0.25, 0.3) is 0 Å². The number of benzene rings is 1. The Morgan fingerprint density at radius 1 is 1.26 bits per heavy atom. The van der Waals surface area contributed by atoms with Crippen molar-refractivity contribution in [3.8, 4) is 0 Å². The molecule has 1 aliphatic rings. The Bertz CT molecular complexity index is 453. The van der Waals surface area contributed by atoms with Crippen molar-refractivity contribution in [1.29, 1.82) is 0 Å². The van der Waals surface area contributed by atoms with Gasteiger partial charge in [0, 0.05) is 10.9 Å². The quantitative estimate of drug-likeness (QED) is 0.836. The van der Waals surface area contributed by atoms with E-state index in [4.69, 9.17) is 0 Å². The highest BCUT2D eigenvalue weighted by molar-refractivity contribution is 8.12. The minimum absolute atomic E-state index is 0.330. The summed E-state index contributed by atoms with van der Waals surface area (Å²) in [4.78, 5) is 0.605. The van der Waals surface area contributed by atoms with Gasteiger partial charge in [0.15, 0.2) is 0 Å². The summed E-state index contributed by atoms with van der Waals surface area (Å²) in [6.07, 6.45) is -2.33. The Labute approximate surface area is 113 Å². The number of hydrogen-bond acceptors (Lipinski definition) is 2. The first kappa shape index (κ1) is 14.6. The number of rotatable bonds is 3. The second-order valence-electron chi connectivity index (χ2n) is 4.56. The van der Waals surface area contributed by atoms with E-state index in [1.165, 1.54) is 12.1 Å². The zero-order chi connectivity index (χ0) is 13.9. The molecule has 0 amide bonds. The fraction of sp³-hybridized carbons (Fsp3) is 0.462. The van der Waals surface area contributed by atoms with Crippen molar-refractivity contribution >= 4 is 16.5 Å². The molecule has 1 unspecified atom stereocenters. The molecule has 0 radical (unpaired) electrons. The van der Waals surface area contributed by atoms with Crippen molar-refractivity contribution in [1.82, 2.24) is 10.0 Å². The number of hydrogen-bond donors (Lipinski definition) is 2. The van der Waals surface area contributed by atoms with Gasteiger partial charge in [-0.2, -0.15) is 13.2 Å². The van der Waals surface area contributed by atoms with Crippen LogP contribution in [-0.4, -0.2) is 25.0 Å². The maximum absolute atomic E-state index is 12.6. The third kappa shape index (κ3) is 4.06. The molecule has 2 N–H and O–H groups in total. The monoisotopic (exact) mass is 290 g/mol. The van der Waals surface area contributed by atoms with Gasteiger partial charge < -0.3 is 5.32 Å². The smallest absolute Gasteiger partial charge is 0.317 e. The summed E-state index contributed by atoms with van der Waals surface area (Å²) in [6, 6.07) is 5.74. The van der Waals surface area contributed by atoms with Gasteiger partial charge in [-0.25, -0.2) is 0 Å². The minimum Gasteiger partial charge on any atom is -0.317 e.